The summed E-state index contributed by atoms with van der Waals surface area (Å²) in [5.41, 5.74) is 2.12. The SMILES string of the molecule is CNC(=O)[C@@H]1C[C@@H](O)CN1C(=O)[C@@H](n1cc(Cn2c(C)nc3ccccc32)nn1)C(C)(C)C. The molecule has 1 saturated heterocycles. The zero-order valence-electron chi connectivity index (χ0n) is 19.7. The molecule has 0 spiro atoms. The van der Waals surface area contributed by atoms with Crippen LogP contribution < -0.4 is 5.32 Å². The van der Waals surface area contributed by atoms with Gasteiger partial charge in [-0.3, -0.25) is 9.59 Å². The number of para-hydroxylation sites is 2. The van der Waals surface area contributed by atoms with E-state index in [1.54, 1.807) is 10.9 Å². The summed E-state index contributed by atoms with van der Waals surface area (Å²) < 4.78 is 3.65. The Hall–Kier alpha value is -3.27. The van der Waals surface area contributed by atoms with Crippen LogP contribution >= 0.6 is 0 Å². The van der Waals surface area contributed by atoms with Crippen LogP contribution in [0, 0.1) is 12.3 Å². The van der Waals surface area contributed by atoms with Crippen molar-refractivity contribution in [1.29, 1.82) is 0 Å². The number of carbonyl (C=O) groups is 2. The molecule has 1 aliphatic heterocycles. The van der Waals surface area contributed by atoms with Crippen molar-refractivity contribution in [1.82, 2.24) is 34.8 Å². The smallest absolute Gasteiger partial charge is 0.248 e. The van der Waals surface area contributed by atoms with Crippen LogP contribution in [0.3, 0.4) is 0 Å². The standard InChI is InChI=1S/C23H31N7O3/c1-14-25-17-8-6-7-9-18(17)28(14)11-15-12-30(27-26-15)20(23(2,3)4)22(33)29-13-16(31)10-19(29)21(32)24-5/h6-9,12,16,19-20,31H,10-11,13H2,1-5H3,(H,24,32)/t16-,19+,20-/m1/s1. The average molecular weight is 454 g/mol. The van der Waals surface area contributed by atoms with Crippen LogP contribution in [0.4, 0.5) is 0 Å². The number of aliphatic hydroxyl groups excluding tert-OH is 1. The number of nitrogens with zero attached hydrogens (tertiary/aromatic N) is 6. The number of fused-ring (bicyclic) bond motifs is 1. The van der Waals surface area contributed by atoms with Gasteiger partial charge < -0.3 is 19.9 Å². The number of aliphatic hydroxyl groups is 1. The summed E-state index contributed by atoms with van der Waals surface area (Å²) in [5.74, 6) is 0.330. The minimum atomic E-state index is -0.735. The first-order valence-corrected chi connectivity index (χ1v) is 11.1. The van der Waals surface area contributed by atoms with Gasteiger partial charge in [-0.1, -0.05) is 38.1 Å². The molecule has 0 bridgehead atoms. The Labute approximate surface area is 192 Å². The van der Waals surface area contributed by atoms with Gasteiger partial charge in [-0.2, -0.15) is 0 Å². The van der Waals surface area contributed by atoms with Crippen LogP contribution in [0.15, 0.2) is 30.5 Å². The summed E-state index contributed by atoms with van der Waals surface area (Å²) in [4.78, 5) is 32.1. The largest absolute Gasteiger partial charge is 0.391 e. The summed E-state index contributed by atoms with van der Waals surface area (Å²) in [5, 5.41) is 21.4. The van der Waals surface area contributed by atoms with Gasteiger partial charge in [0, 0.05) is 20.0 Å². The van der Waals surface area contributed by atoms with Crippen molar-refractivity contribution in [2.24, 2.45) is 5.41 Å². The number of aryl methyl sites for hydroxylation is 1. The molecule has 1 aliphatic rings. The third-order valence-corrected chi connectivity index (χ3v) is 6.15. The van der Waals surface area contributed by atoms with Crippen LogP contribution in [0.25, 0.3) is 11.0 Å². The Balaban J connectivity index is 1.63. The molecule has 3 heterocycles. The fraction of sp³-hybridized carbons (Fsp3) is 0.522. The quantitative estimate of drug-likeness (QED) is 0.601. The molecule has 33 heavy (non-hydrogen) atoms. The van der Waals surface area contributed by atoms with Gasteiger partial charge in [-0.25, -0.2) is 9.67 Å². The van der Waals surface area contributed by atoms with Crippen LogP contribution in [0.2, 0.25) is 0 Å². The van der Waals surface area contributed by atoms with Crippen LogP contribution in [-0.2, 0) is 16.1 Å². The summed E-state index contributed by atoms with van der Waals surface area (Å²) in [6.07, 6.45) is 1.27. The number of aromatic nitrogens is 5. The number of hydrogen-bond acceptors (Lipinski definition) is 6. The van der Waals surface area contributed by atoms with Gasteiger partial charge in [0.25, 0.3) is 0 Å². The molecular weight excluding hydrogens is 422 g/mol. The highest BCUT2D eigenvalue weighted by atomic mass is 16.3. The third-order valence-electron chi connectivity index (χ3n) is 6.15. The molecule has 0 aliphatic carbocycles. The Morgan fingerprint density at radius 2 is 2.00 bits per heavy atom. The molecule has 4 rings (SSSR count). The number of benzene rings is 1. The number of likely N-dealkylation sites (tertiary alicyclic amines) is 1. The highest BCUT2D eigenvalue weighted by molar-refractivity contribution is 5.90. The number of hydrogen-bond donors (Lipinski definition) is 2. The van der Waals surface area contributed by atoms with Gasteiger partial charge >= 0.3 is 0 Å². The number of amides is 2. The zero-order chi connectivity index (χ0) is 23.9. The lowest BCUT2D eigenvalue weighted by Gasteiger charge is -2.34. The number of nitrogens with one attached hydrogen (secondary N) is 1. The van der Waals surface area contributed by atoms with Crippen molar-refractivity contribution in [3.8, 4) is 0 Å². The Morgan fingerprint density at radius 1 is 1.27 bits per heavy atom. The lowest BCUT2D eigenvalue weighted by atomic mass is 9.85. The molecule has 2 amide bonds. The van der Waals surface area contributed by atoms with E-state index < -0.39 is 23.6 Å². The topological polar surface area (TPSA) is 118 Å². The minimum absolute atomic E-state index is 0.116. The first-order chi connectivity index (χ1) is 15.6. The van der Waals surface area contributed by atoms with Gasteiger partial charge in [0.1, 0.15) is 23.6 Å². The van der Waals surface area contributed by atoms with Crippen LogP contribution in [0.1, 0.15) is 44.8 Å². The average Bonchev–Trinajstić information content (AvgIpc) is 3.45. The second kappa shape index (κ2) is 8.58. The molecular formula is C23H31N7O3. The minimum Gasteiger partial charge on any atom is -0.391 e. The van der Waals surface area contributed by atoms with Crippen molar-refractivity contribution < 1.29 is 14.7 Å². The van der Waals surface area contributed by atoms with Crippen LogP contribution in [0.5, 0.6) is 0 Å². The molecule has 3 atom stereocenters. The van der Waals surface area contributed by atoms with E-state index in [4.69, 9.17) is 0 Å². The fourth-order valence-electron chi connectivity index (χ4n) is 4.58. The van der Waals surface area contributed by atoms with E-state index in [0.717, 1.165) is 16.9 Å². The Bertz CT molecular complexity index is 1180. The van der Waals surface area contributed by atoms with Gasteiger partial charge in [-0.15, -0.1) is 5.10 Å². The number of carbonyl (C=O) groups excluding carboxylic acids is 2. The van der Waals surface area contributed by atoms with E-state index in [-0.39, 0.29) is 24.8 Å². The molecule has 176 valence electrons. The van der Waals surface area contributed by atoms with Crippen molar-refractivity contribution in [3.63, 3.8) is 0 Å². The summed E-state index contributed by atoms with van der Waals surface area (Å²) in [6, 6.07) is 6.52. The molecule has 0 radical (unpaired) electrons. The molecule has 10 nitrogen and oxygen atoms in total. The van der Waals surface area contributed by atoms with E-state index in [1.807, 2.05) is 52.0 Å². The maximum Gasteiger partial charge on any atom is 0.248 e. The maximum absolute atomic E-state index is 13.7. The molecule has 10 heteroatoms. The van der Waals surface area contributed by atoms with E-state index in [2.05, 4.69) is 25.2 Å². The lowest BCUT2D eigenvalue weighted by molar-refractivity contribution is -0.144. The first kappa shape index (κ1) is 22.9. The molecule has 1 fully saturated rings. The third kappa shape index (κ3) is 4.35. The van der Waals surface area contributed by atoms with E-state index >= 15 is 0 Å². The lowest BCUT2D eigenvalue weighted by Crippen LogP contribution is -2.49. The normalized spacial score (nSPS) is 19.8. The predicted octanol–water partition coefficient (Wildman–Crippen LogP) is 1.28. The Morgan fingerprint density at radius 3 is 2.70 bits per heavy atom. The zero-order valence-corrected chi connectivity index (χ0v) is 19.7. The van der Waals surface area contributed by atoms with Crippen molar-refractivity contribution >= 4 is 22.8 Å². The van der Waals surface area contributed by atoms with Crippen LogP contribution in [-0.4, -0.2) is 72.1 Å². The van der Waals surface area contributed by atoms with Gasteiger partial charge in [0.05, 0.1) is 29.9 Å². The van der Waals surface area contributed by atoms with Crippen molar-refractivity contribution in [2.75, 3.05) is 13.6 Å². The molecule has 3 aromatic rings. The number of likely N-dealkylation sites (N-methyl/N-ethyl adjacent to an activating group) is 1. The molecule has 0 saturated carbocycles. The molecule has 2 aromatic heterocycles. The highest BCUT2D eigenvalue weighted by Crippen LogP contribution is 2.34. The molecule has 2 N–H and O–H groups in total. The number of imidazole rings is 1. The van der Waals surface area contributed by atoms with Crippen molar-refractivity contribution in [3.05, 3.63) is 42.0 Å². The van der Waals surface area contributed by atoms with Gasteiger partial charge in [0.15, 0.2) is 0 Å². The van der Waals surface area contributed by atoms with E-state index in [9.17, 15) is 14.7 Å². The second-order valence-electron chi connectivity index (χ2n) is 9.70. The first-order valence-electron chi connectivity index (χ1n) is 11.1. The highest BCUT2D eigenvalue weighted by Gasteiger charge is 2.45. The maximum atomic E-state index is 13.7. The number of β-amino-alcohol motifs (C(OH)–C–C–N with tert-alkyl or cyclic N) is 1. The summed E-state index contributed by atoms with van der Waals surface area (Å²) in [7, 11) is 1.53. The van der Waals surface area contributed by atoms with Crippen molar-refractivity contribution in [2.45, 2.75) is 58.8 Å². The summed E-state index contributed by atoms with van der Waals surface area (Å²) in [6.45, 7) is 8.39. The summed E-state index contributed by atoms with van der Waals surface area (Å²) >= 11 is 0. The number of rotatable bonds is 5. The molecule has 1 aromatic carbocycles. The van der Waals surface area contributed by atoms with E-state index in [1.165, 1.54) is 11.9 Å². The van der Waals surface area contributed by atoms with Gasteiger partial charge in [-0.05, 0) is 24.5 Å². The molecule has 0 unspecified atom stereocenters. The second-order valence-corrected chi connectivity index (χ2v) is 9.70. The van der Waals surface area contributed by atoms with Gasteiger partial charge in [0.2, 0.25) is 11.8 Å². The monoisotopic (exact) mass is 453 g/mol. The predicted molar refractivity (Wildman–Crippen MR) is 122 cm³/mol. The van der Waals surface area contributed by atoms with E-state index in [0.29, 0.717) is 12.2 Å². The Kier molecular flexibility index (Phi) is 5.96. The fourth-order valence-corrected chi connectivity index (χ4v) is 4.58.